The van der Waals surface area contributed by atoms with E-state index in [1.165, 1.54) is 4.90 Å². The third kappa shape index (κ3) is 3.39. The molecule has 1 heterocycles. The zero-order valence-electron chi connectivity index (χ0n) is 14.7. The lowest BCUT2D eigenvalue weighted by molar-refractivity contribution is 0.0453. The van der Waals surface area contributed by atoms with Crippen LogP contribution in [0.4, 0.5) is 0 Å². The van der Waals surface area contributed by atoms with Crippen molar-refractivity contribution in [3.63, 3.8) is 0 Å². The zero-order valence-corrected chi connectivity index (χ0v) is 14.7. The first-order valence-corrected chi connectivity index (χ1v) is 8.92. The lowest BCUT2D eigenvalue weighted by atomic mass is 10.0. The van der Waals surface area contributed by atoms with Gasteiger partial charge >= 0.3 is 0 Å². The molecule has 0 unspecified atom stereocenters. The van der Waals surface area contributed by atoms with E-state index in [0.717, 1.165) is 11.1 Å². The van der Waals surface area contributed by atoms with Crippen molar-refractivity contribution in [3.8, 4) is 0 Å². The van der Waals surface area contributed by atoms with Crippen LogP contribution in [0.25, 0.3) is 0 Å². The van der Waals surface area contributed by atoms with Gasteiger partial charge in [0.1, 0.15) is 6.10 Å². The van der Waals surface area contributed by atoms with Crippen molar-refractivity contribution in [2.24, 2.45) is 0 Å². The van der Waals surface area contributed by atoms with Gasteiger partial charge in [0.05, 0.1) is 24.3 Å². The molecule has 0 saturated carbocycles. The van der Waals surface area contributed by atoms with Gasteiger partial charge < -0.3 is 4.74 Å². The number of amides is 2. The molecule has 134 valence electrons. The molecule has 27 heavy (non-hydrogen) atoms. The first kappa shape index (κ1) is 17.2. The van der Waals surface area contributed by atoms with Crippen LogP contribution in [0.5, 0.6) is 0 Å². The van der Waals surface area contributed by atoms with Crippen molar-refractivity contribution in [2.45, 2.75) is 6.10 Å². The Balaban J connectivity index is 1.48. The first-order chi connectivity index (χ1) is 13.3. The summed E-state index contributed by atoms with van der Waals surface area (Å²) in [6, 6.07) is 26.8. The SMILES string of the molecule is O=C1c2ccccc2C(=O)N1CCOC(c1ccccc1)c1ccccc1. The largest absolute Gasteiger partial charge is 0.367 e. The fourth-order valence-electron chi connectivity index (χ4n) is 3.34. The fourth-order valence-corrected chi connectivity index (χ4v) is 3.34. The molecule has 2 amide bonds. The minimum Gasteiger partial charge on any atom is -0.367 e. The van der Waals surface area contributed by atoms with Crippen LogP contribution in [0.2, 0.25) is 0 Å². The van der Waals surface area contributed by atoms with E-state index in [1.54, 1.807) is 24.3 Å². The minimum absolute atomic E-state index is 0.225. The molecule has 0 spiro atoms. The van der Waals surface area contributed by atoms with Crippen LogP contribution in [0, 0.1) is 0 Å². The van der Waals surface area contributed by atoms with Crippen LogP contribution in [-0.2, 0) is 4.74 Å². The summed E-state index contributed by atoms with van der Waals surface area (Å²) < 4.78 is 6.13. The second-order valence-electron chi connectivity index (χ2n) is 6.38. The van der Waals surface area contributed by atoms with E-state index in [4.69, 9.17) is 4.74 Å². The second-order valence-corrected chi connectivity index (χ2v) is 6.38. The van der Waals surface area contributed by atoms with E-state index in [1.807, 2.05) is 60.7 Å². The van der Waals surface area contributed by atoms with Gasteiger partial charge in [0.25, 0.3) is 11.8 Å². The van der Waals surface area contributed by atoms with Crippen molar-refractivity contribution in [2.75, 3.05) is 13.2 Å². The number of benzene rings is 3. The summed E-state index contributed by atoms with van der Waals surface area (Å²) in [7, 11) is 0. The number of hydrogen-bond acceptors (Lipinski definition) is 3. The number of nitrogens with zero attached hydrogens (tertiary/aromatic N) is 1. The molecule has 0 fully saturated rings. The summed E-state index contributed by atoms with van der Waals surface area (Å²) in [4.78, 5) is 26.2. The van der Waals surface area contributed by atoms with Crippen LogP contribution in [0.1, 0.15) is 37.9 Å². The highest BCUT2D eigenvalue weighted by Gasteiger charge is 2.34. The van der Waals surface area contributed by atoms with Crippen molar-refractivity contribution >= 4 is 11.8 Å². The number of carbonyl (C=O) groups excluding carboxylic acids is 2. The van der Waals surface area contributed by atoms with Gasteiger partial charge in [0.2, 0.25) is 0 Å². The summed E-state index contributed by atoms with van der Waals surface area (Å²) in [5.41, 5.74) is 2.99. The average Bonchev–Trinajstić information content (AvgIpc) is 2.97. The van der Waals surface area contributed by atoms with E-state index in [2.05, 4.69) is 0 Å². The molecular weight excluding hydrogens is 338 g/mol. The normalized spacial score (nSPS) is 13.3. The lowest BCUT2D eigenvalue weighted by Crippen LogP contribution is -2.33. The predicted molar refractivity (Wildman–Crippen MR) is 102 cm³/mol. The summed E-state index contributed by atoms with van der Waals surface area (Å²) in [5, 5.41) is 0. The van der Waals surface area contributed by atoms with E-state index in [-0.39, 0.29) is 31.1 Å². The quantitative estimate of drug-likeness (QED) is 0.624. The Morgan fingerprint density at radius 2 is 1.11 bits per heavy atom. The third-order valence-corrected chi connectivity index (χ3v) is 4.68. The Kier molecular flexibility index (Phi) is 4.81. The Bertz CT molecular complexity index is 879. The summed E-state index contributed by atoms with van der Waals surface area (Å²) in [6.07, 6.45) is -0.248. The maximum absolute atomic E-state index is 12.5. The van der Waals surface area contributed by atoms with E-state index in [0.29, 0.717) is 11.1 Å². The molecule has 0 bridgehead atoms. The molecule has 0 atom stereocenters. The van der Waals surface area contributed by atoms with Crippen LogP contribution in [0.3, 0.4) is 0 Å². The number of ether oxygens (including phenoxy) is 1. The number of fused-ring (bicyclic) bond motifs is 1. The van der Waals surface area contributed by atoms with Gasteiger partial charge in [-0.2, -0.15) is 0 Å². The van der Waals surface area contributed by atoms with Crippen LogP contribution >= 0.6 is 0 Å². The maximum atomic E-state index is 12.5. The van der Waals surface area contributed by atoms with Gasteiger partial charge in [-0.3, -0.25) is 14.5 Å². The molecule has 0 N–H and O–H groups in total. The Morgan fingerprint density at radius 3 is 1.59 bits per heavy atom. The lowest BCUT2D eigenvalue weighted by Gasteiger charge is -2.21. The number of carbonyl (C=O) groups is 2. The van der Waals surface area contributed by atoms with E-state index in [9.17, 15) is 9.59 Å². The second kappa shape index (κ2) is 7.56. The standard InChI is InChI=1S/C23H19NO3/c25-22-19-13-7-8-14-20(19)23(26)24(22)15-16-27-21(17-9-3-1-4-10-17)18-11-5-2-6-12-18/h1-14,21H,15-16H2. The highest BCUT2D eigenvalue weighted by molar-refractivity contribution is 6.21. The molecule has 4 heteroatoms. The minimum atomic E-state index is -0.254. The third-order valence-electron chi connectivity index (χ3n) is 4.68. The van der Waals surface area contributed by atoms with E-state index >= 15 is 0 Å². The molecule has 4 nitrogen and oxygen atoms in total. The Hall–Kier alpha value is -3.24. The molecule has 0 radical (unpaired) electrons. The van der Waals surface area contributed by atoms with Crippen LogP contribution in [0.15, 0.2) is 84.9 Å². The van der Waals surface area contributed by atoms with Gasteiger partial charge in [-0.1, -0.05) is 72.8 Å². The fraction of sp³-hybridized carbons (Fsp3) is 0.130. The average molecular weight is 357 g/mol. The molecule has 0 aromatic heterocycles. The molecule has 3 aromatic carbocycles. The molecule has 1 aliphatic heterocycles. The first-order valence-electron chi connectivity index (χ1n) is 8.92. The van der Waals surface area contributed by atoms with Gasteiger partial charge in [0, 0.05) is 0 Å². The topological polar surface area (TPSA) is 46.6 Å². The Morgan fingerprint density at radius 1 is 0.667 bits per heavy atom. The molecule has 0 aliphatic carbocycles. The zero-order chi connectivity index (χ0) is 18.6. The van der Waals surface area contributed by atoms with Gasteiger partial charge in [-0.25, -0.2) is 0 Å². The molecule has 4 rings (SSSR count). The number of hydrogen-bond donors (Lipinski definition) is 0. The highest BCUT2D eigenvalue weighted by atomic mass is 16.5. The number of imide groups is 1. The monoisotopic (exact) mass is 357 g/mol. The smallest absolute Gasteiger partial charge is 0.261 e. The Labute approximate surface area is 158 Å². The highest BCUT2D eigenvalue weighted by Crippen LogP contribution is 2.27. The van der Waals surface area contributed by atoms with Crippen molar-refractivity contribution in [1.82, 2.24) is 4.90 Å². The maximum Gasteiger partial charge on any atom is 0.261 e. The molecule has 0 saturated heterocycles. The van der Waals surface area contributed by atoms with Crippen molar-refractivity contribution < 1.29 is 14.3 Å². The summed E-state index contributed by atoms with van der Waals surface area (Å²) in [6.45, 7) is 0.489. The predicted octanol–water partition coefficient (Wildman–Crippen LogP) is 4.09. The van der Waals surface area contributed by atoms with Crippen LogP contribution in [-0.4, -0.2) is 29.9 Å². The van der Waals surface area contributed by atoms with Crippen LogP contribution < -0.4 is 0 Å². The van der Waals surface area contributed by atoms with Gasteiger partial charge in [-0.15, -0.1) is 0 Å². The molecule has 3 aromatic rings. The molecule has 1 aliphatic rings. The van der Waals surface area contributed by atoms with Gasteiger partial charge in [-0.05, 0) is 23.3 Å². The van der Waals surface area contributed by atoms with Crippen molar-refractivity contribution in [1.29, 1.82) is 0 Å². The van der Waals surface area contributed by atoms with Gasteiger partial charge in [0.15, 0.2) is 0 Å². The number of rotatable bonds is 6. The van der Waals surface area contributed by atoms with E-state index < -0.39 is 0 Å². The summed E-state index contributed by atoms with van der Waals surface area (Å²) >= 11 is 0. The summed E-state index contributed by atoms with van der Waals surface area (Å²) in [5.74, 6) is -0.509. The molecular formula is C23H19NO3. The van der Waals surface area contributed by atoms with Crippen molar-refractivity contribution in [3.05, 3.63) is 107 Å².